The number of aromatic nitrogens is 1. The smallest absolute Gasteiger partial charge is 0.227 e. The van der Waals surface area contributed by atoms with Crippen LogP contribution in [0.15, 0.2) is 71.1 Å². The summed E-state index contributed by atoms with van der Waals surface area (Å²) in [5.41, 5.74) is 9.82. The van der Waals surface area contributed by atoms with Crippen LogP contribution in [0.4, 0.5) is 5.69 Å². The maximum Gasteiger partial charge on any atom is 0.227 e. The average Bonchev–Trinajstić information content (AvgIpc) is 3.05. The van der Waals surface area contributed by atoms with E-state index >= 15 is 0 Å². The highest BCUT2D eigenvalue weighted by molar-refractivity contribution is 6.31. The molecule has 0 amide bonds. The highest BCUT2D eigenvalue weighted by atomic mass is 35.5. The van der Waals surface area contributed by atoms with Crippen LogP contribution in [-0.4, -0.2) is 4.98 Å². The number of benzene rings is 3. The molecule has 0 saturated carbocycles. The fourth-order valence-corrected chi connectivity index (χ4v) is 2.66. The molecule has 2 N–H and O–H groups in total. The third-order valence-corrected chi connectivity index (χ3v) is 4.07. The van der Waals surface area contributed by atoms with Crippen molar-refractivity contribution in [3.05, 3.63) is 77.3 Å². The summed E-state index contributed by atoms with van der Waals surface area (Å²) in [5, 5.41) is 0.638. The van der Waals surface area contributed by atoms with E-state index in [1.54, 1.807) is 12.1 Å². The number of halogens is 1. The SMILES string of the molecule is Nc1ccc(COc2ccc(-c3nc4cc(Cl)ccc4o3)cc2)cc1. The van der Waals surface area contributed by atoms with Crippen LogP contribution in [0, 0.1) is 0 Å². The lowest BCUT2D eigenvalue weighted by atomic mass is 10.2. The lowest BCUT2D eigenvalue weighted by Crippen LogP contribution is -1.95. The number of hydrogen-bond acceptors (Lipinski definition) is 4. The number of oxazole rings is 1. The molecule has 4 nitrogen and oxygen atoms in total. The molecule has 1 heterocycles. The van der Waals surface area contributed by atoms with Crippen LogP contribution in [0.25, 0.3) is 22.6 Å². The Kier molecular flexibility index (Phi) is 4.04. The predicted molar refractivity (Wildman–Crippen MR) is 99.6 cm³/mol. The Bertz CT molecular complexity index is 1010. The first kappa shape index (κ1) is 15.5. The molecule has 0 atom stereocenters. The van der Waals surface area contributed by atoms with E-state index in [2.05, 4.69) is 4.98 Å². The van der Waals surface area contributed by atoms with Gasteiger partial charge in [-0.25, -0.2) is 4.98 Å². The van der Waals surface area contributed by atoms with Crippen molar-refractivity contribution in [2.45, 2.75) is 6.61 Å². The van der Waals surface area contributed by atoms with Crippen LogP contribution in [0.1, 0.15) is 5.56 Å². The summed E-state index contributed by atoms with van der Waals surface area (Å²) < 4.78 is 11.6. The van der Waals surface area contributed by atoms with Crippen molar-refractivity contribution in [2.24, 2.45) is 0 Å². The van der Waals surface area contributed by atoms with E-state index in [1.165, 1.54) is 0 Å². The Balaban J connectivity index is 1.49. The molecule has 1 aromatic heterocycles. The molecular weight excluding hydrogens is 336 g/mol. The molecule has 0 bridgehead atoms. The fourth-order valence-electron chi connectivity index (χ4n) is 2.50. The van der Waals surface area contributed by atoms with Crippen molar-refractivity contribution in [3.63, 3.8) is 0 Å². The summed E-state index contributed by atoms with van der Waals surface area (Å²) in [7, 11) is 0. The van der Waals surface area contributed by atoms with Gasteiger partial charge in [0.25, 0.3) is 0 Å². The molecule has 124 valence electrons. The van der Waals surface area contributed by atoms with E-state index in [9.17, 15) is 0 Å². The Hall–Kier alpha value is -2.98. The fraction of sp³-hybridized carbons (Fsp3) is 0.0500. The number of nitrogen functional groups attached to an aromatic ring is 1. The number of hydrogen-bond donors (Lipinski definition) is 1. The summed E-state index contributed by atoms with van der Waals surface area (Å²) in [4.78, 5) is 4.47. The number of nitrogens with zero attached hydrogens (tertiary/aromatic N) is 1. The first-order valence-corrected chi connectivity index (χ1v) is 8.19. The van der Waals surface area contributed by atoms with Crippen LogP contribution < -0.4 is 10.5 Å². The number of rotatable bonds is 4. The molecule has 0 spiro atoms. The van der Waals surface area contributed by atoms with Crippen LogP contribution in [0.3, 0.4) is 0 Å². The minimum absolute atomic E-state index is 0.487. The lowest BCUT2D eigenvalue weighted by Gasteiger charge is -2.07. The van der Waals surface area contributed by atoms with Gasteiger partial charge in [0.1, 0.15) is 17.9 Å². The number of ether oxygens (including phenoxy) is 1. The average molecular weight is 351 g/mol. The molecular formula is C20H15ClN2O2. The molecule has 0 aliphatic rings. The normalized spacial score (nSPS) is 10.9. The third-order valence-electron chi connectivity index (χ3n) is 3.84. The summed E-state index contributed by atoms with van der Waals surface area (Å²) >= 11 is 5.98. The molecule has 3 aromatic carbocycles. The topological polar surface area (TPSA) is 61.3 Å². The van der Waals surface area contributed by atoms with Gasteiger partial charge in [-0.3, -0.25) is 0 Å². The van der Waals surface area contributed by atoms with E-state index in [1.807, 2.05) is 54.6 Å². The first-order valence-electron chi connectivity index (χ1n) is 7.81. The Morgan fingerprint density at radius 2 is 1.72 bits per heavy atom. The quantitative estimate of drug-likeness (QED) is 0.507. The van der Waals surface area contributed by atoms with E-state index in [0.29, 0.717) is 23.1 Å². The van der Waals surface area contributed by atoms with Gasteiger partial charge in [-0.1, -0.05) is 23.7 Å². The minimum Gasteiger partial charge on any atom is -0.489 e. The second kappa shape index (κ2) is 6.49. The zero-order valence-corrected chi connectivity index (χ0v) is 14.0. The zero-order valence-electron chi connectivity index (χ0n) is 13.3. The molecule has 0 aliphatic carbocycles. The zero-order chi connectivity index (χ0) is 17.2. The van der Waals surface area contributed by atoms with Gasteiger partial charge in [-0.2, -0.15) is 0 Å². The van der Waals surface area contributed by atoms with E-state index in [0.717, 1.165) is 28.1 Å². The van der Waals surface area contributed by atoms with Crippen LogP contribution >= 0.6 is 11.6 Å². The maximum atomic E-state index is 5.98. The van der Waals surface area contributed by atoms with Crippen molar-refractivity contribution in [3.8, 4) is 17.2 Å². The van der Waals surface area contributed by atoms with Gasteiger partial charge >= 0.3 is 0 Å². The number of nitrogens with two attached hydrogens (primary N) is 1. The molecule has 0 aliphatic heterocycles. The Morgan fingerprint density at radius 1 is 0.960 bits per heavy atom. The first-order chi connectivity index (χ1) is 12.2. The summed E-state index contributed by atoms with van der Waals surface area (Å²) in [6.07, 6.45) is 0. The van der Waals surface area contributed by atoms with Crippen LogP contribution in [0.5, 0.6) is 5.75 Å². The van der Waals surface area contributed by atoms with Gasteiger partial charge in [0.05, 0.1) is 0 Å². The van der Waals surface area contributed by atoms with Gasteiger partial charge in [-0.05, 0) is 60.2 Å². The van der Waals surface area contributed by atoms with Gasteiger partial charge in [0, 0.05) is 16.3 Å². The Morgan fingerprint density at radius 3 is 2.48 bits per heavy atom. The van der Waals surface area contributed by atoms with Gasteiger partial charge in [0.15, 0.2) is 5.58 Å². The molecule has 25 heavy (non-hydrogen) atoms. The van der Waals surface area contributed by atoms with Gasteiger partial charge in [-0.15, -0.1) is 0 Å². The lowest BCUT2D eigenvalue weighted by molar-refractivity contribution is 0.306. The molecule has 4 aromatic rings. The van der Waals surface area contributed by atoms with Crippen LogP contribution in [0.2, 0.25) is 5.02 Å². The van der Waals surface area contributed by atoms with Gasteiger partial charge in [0.2, 0.25) is 5.89 Å². The standard InChI is InChI=1S/C20H15ClN2O2/c21-15-5-10-19-18(11-15)23-20(25-19)14-3-8-17(9-4-14)24-12-13-1-6-16(22)7-2-13/h1-11H,12,22H2. The third kappa shape index (κ3) is 3.44. The maximum absolute atomic E-state index is 5.98. The largest absolute Gasteiger partial charge is 0.489 e. The van der Waals surface area contributed by atoms with Crippen molar-refractivity contribution in [2.75, 3.05) is 5.73 Å². The van der Waals surface area contributed by atoms with Crippen LogP contribution in [-0.2, 0) is 6.61 Å². The molecule has 4 rings (SSSR count). The monoisotopic (exact) mass is 350 g/mol. The molecule has 0 saturated heterocycles. The summed E-state index contributed by atoms with van der Waals surface area (Å²) in [6.45, 7) is 0.487. The molecule has 0 unspecified atom stereocenters. The van der Waals surface area contributed by atoms with Crippen molar-refractivity contribution in [1.29, 1.82) is 0 Å². The second-order valence-electron chi connectivity index (χ2n) is 5.69. The summed E-state index contributed by atoms with van der Waals surface area (Å²) in [6, 6.07) is 20.7. The van der Waals surface area contributed by atoms with E-state index in [-0.39, 0.29) is 0 Å². The van der Waals surface area contributed by atoms with Crippen molar-refractivity contribution < 1.29 is 9.15 Å². The molecule has 0 radical (unpaired) electrons. The predicted octanol–water partition coefficient (Wildman–Crippen LogP) is 5.31. The highest BCUT2D eigenvalue weighted by Gasteiger charge is 2.09. The van der Waals surface area contributed by atoms with E-state index < -0.39 is 0 Å². The minimum atomic E-state index is 0.487. The number of fused-ring (bicyclic) bond motifs is 1. The molecule has 0 fully saturated rings. The second-order valence-corrected chi connectivity index (χ2v) is 6.12. The number of anilines is 1. The van der Waals surface area contributed by atoms with Crippen molar-refractivity contribution >= 4 is 28.4 Å². The molecule has 5 heteroatoms. The summed E-state index contributed by atoms with van der Waals surface area (Å²) in [5.74, 6) is 1.34. The highest BCUT2D eigenvalue weighted by Crippen LogP contribution is 2.27. The Labute approximate surface area is 149 Å². The van der Waals surface area contributed by atoms with E-state index in [4.69, 9.17) is 26.5 Å². The van der Waals surface area contributed by atoms with Gasteiger partial charge < -0.3 is 14.9 Å². The van der Waals surface area contributed by atoms with Crippen molar-refractivity contribution in [1.82, 2.24) is 4.98 Å².